The Morgan fingerprint density at radius 3 is 2.68 bits per heavy atom. The summed E-state index contributed by atoms with van der Waals surface area (Å²) in [4.78, 5) is 52.3. The Kier molecular flexibility index (Phi) is 10.4. The van der Waals surface area contributed by atoms with E-state index in [4.69, 9.17) is 35.3 Å². The van der Waals surface area contributed by atoms with Crippen LogP contribution >= 0.6 is 11.6 Å². The van der Waals surface area contributed by atoms with Crippen LogP contribution in [-0.2, 0) is 49.4 Å². The third-order valence-electron chi connectivity index (χ3n) is 11.0. The van der Waals surface area contributed by atoms with Gasteiger partial charge in [0, 0.05) is 53.8 Å². The molecule has 6 rings (SSSR count). The van der Waals surface area contributed by atoms with Crippen molar-refractivity contribution in [1.29, 1.82) is 0 Å². The number of hydrogen-bond donors (Lipinski definition) is 2. The molecule has 1 aromatic rings. The van der Waals surface area contributed by atoms with Crippen molar-refractivity contribution < 1.29 is 48.0 Å². The Morgan fingerprint density at radius 1 is 1.20 bits per heavy atom. The zero-order valence-corrected chi connectivity index (χ0v) is 29.5. The molecule has 0 aromatic heterocycles. The zero-order valence-electron chi connectivity index (χ0n) is 28.7. The van der Waals surface area contributed by atoms with Crippen molar-refractivity contribution in [3.63, 3.8) is 0 Å². The molecule has 1 saturated carbocycles. The highest BCUT2D eigenvalue weighted by Crippen LogP contribution is 2.61. The molecule has 5 aliphatic rings. The number of benzene rings is 1. The summed E-state index contributed by atoms with van der Waals surface area (Å²) in [7, 11) is 1.42. The van der Waals surface area contributed by atoms with E-state index >= 15 is 0 Å². The monoisotopic (exact) mass is 709 g/mol. The molecule has 1 amide bonds. The summed E-state index contributed by atoms with van der Waals surface area (Å²) < 4.78 is 30.3. The first-order valence-electron chi connectivity index (χ1n) is 17.1. The molecule has 50 heavy (non-hydrogen) atoms. The van der Waals surface area contributed by atoms with E-state index in [0.29, 0.717) is 22.6 Å². The minimum atomic E-state index is -1.13. The standard InChI is InChI=1S/C38H44ClNO10/c1-19-15-20(2)38-25(13-14-27-29(38)30(41)21(3)32(33(27)50-38)49-35(43)24-10-6-7-11-24)17-28(46-5)36(44)48-31(19)22(4)47-37(45)34(42)40-18-23-9-8-12-26(39)16-23/h6-10,12-16,19,21-22,25,27-33,41H,11,17-18H2,1-5H3,(H,40,42)/b20-15+/t19-,21-,22-,25-,27?,28+,29?,30?,31+,32-,33-,38+/m1/s1. The van der Waals surface area contributed by atoms with Gasteiger partial charge in [-0.2, -0.15) is 0 Å². The van der Waals surface area contributed by atoms with Crippen LogP contribution in [0.25, 0.3) is 0 Å². The number of amides is 1. The fourth-order valence-electron chi connectivity index (χ4n) is 8.47. The molecule has 3 aliphatic carbocycles. The lowest BCUT2D eigenvalue weighted by molar-refractivity contribution is -0.180. The van der Waals surface area contributed by atoms with Crippen LogP contribution in [-0.4, -0.2) is 78.3 Å². The number of carbonyl (C=O) groups excluding carboxylic acids is 4. The van der Waals surface area contributed by atoms with Crippen molar-refractivity contribution in [2.24, 2.45) is 29.6 Å². The van der Waals surface area contributed by atoms with Gasteiger partial charge in [-0.1, -0.05) is 74.0 Å². The first-order valence-corrected chi connectivity index (χ1v) is 17.5. The van der Waals surface area contributed by atoms with Gasteiger partial charge in [0.05, 0.1) is 6.10 Å². The molecule has 12 heteroatoms. The number of cyclic esters (lactones) is 1. The van der Waals surface area contributed by atoms with Gasteiger partial charge >= 0.3 is 23.8 Å². The number of esters is 3. The van der Waals surface area contributed by atoms with Crippen LogP contribution in [0.15, 0.2) is 71.9 Å². The van der Waals surface area contributed by atoms with Gasteiger partial charge in [-0.25, -0.2) is 14.4 Å². The van der Waals surface area contributed by atoms with Gasteiger partial charge in [0.15, 0.2) is 6.10 Å². The molecular formula is C38H44ClNO10. The molecule has 12 atom stereocenters. The van der Waals surface area contributed by atoms with Gasteiger partial charge in [0.2, 0.25) is 0 Å². The van der Waals surface area contributed by atoms with E-state index in [-0.39, 0.29) is 24.8 Å². The van der Waals surface area contributed by atoms with Gasteiger partial charge in [-0.05, 0) is 50.0 Å². The summed E-state index contributed by atoms with van der Waals surface area (Å²) in [6.45, 7) is 7.25. The topological polar surface area (TPSA) is 147 Å². The lowest BCUT2D eigenvalue weighted by Crippen LogP contribution is -2.57. The van der Waals surface area contributed by atoms with E-state index in [1.165, 1.54) is 7.11 Å². The minimum Gasteiger partial charge on any atom is -0.456 e. The highest BCUT2D eigenvalue weighted by Gasteiger charge is 2.69. The molecular weight excluding hydrogens is 666 g/mol. The van der Waals surface area contributed by atoms with E-state index in [1.54, 1.807) is 37.3 Å². The molecule has 2 aliphatic heterocycles. The molecule has 3 unspecified atom stereocenters. The summed E-state index contributed by atoms with van der Waals surface area (Å²) in [6.07, 6.45) is 6.89. The number of hydrogen-bond acceptors (Lipinski definition) is 10. The molecule has 2 fully saturated rings. The van der Waals surface area contributed by atoms with E-state index in [1.807, 2.05) is 51.2 Å². The molecule has 1 aromatic carbocycles. The minimum absolute atomic E-state index is 0.0651. The summed E-state index contributed by atoms with van der Waals surface area (Å²) in [5.74, 6) is -5.15. The number of rotatable bonds is 7. The van der Waals surface area contributed by atoms with Crippen LogP contribution in [0.3, 0.4) is 0 Å². The number of carbonyl (C=O) groups is 4. The quantitative estimate of drug-likeness (QED) is 0.183. The smallest absolute Gasteiger partial charge is 0.397 e. The molecule has 4 bridgehead atoms. The maximum atomic E-state index is 13.7. The number of aliphatic hydroxyl groups excluding tert-OH is 1. The molecule has 0 radical (unpaired) electrons. The highest BCUT2D eigenvalue weighted by molar-refractivity contribution is 6.32. The van der Waals surface area contributed by atoms with Crippen LogP contribution in [0.4, 0.5) is 0 Å². The predicted octanol–water partition coefficient (Wildman–Crippen LogP) is 4.17. The zero-order chi connectivity index (χ0) is 35.9. The maximum Gasteiger partial charge on any atom is 0.397 e. The van der Waals surface area contributed by atoms with Crippen LogP contribution in [0, 0.1) is 29.6 Å². The van der Waals surface area contributed by atoms with Gasteiger partial charge in [0.1, 0.15) is 30.0 Å². The summed E-state index contributed by atoms with van der Waals surface area (Å²) in [6, 6.07) is 6.87. The fraction of sp³-hybridized carbons (Fsp3) is 0.526. The summed E-state index contributed by atoms with van der Waals surface area (Å²) >= 11 is 6.02. The van der Waals surface area contributed by atoms with Gasteiger partial charge in [-0.3, -0.25) is 4.79 Å². The van der Waals surface area contributed by atoms with Crippen molar-refractivity contribution in [2.45, 2.75) is 89.3 Å². The average Bonchev–Trinajstić information content (AvgIpc) is 3.69. The third kappa shape index (κ3) is 6.56. The molecule has 1 saturated heterocycles. The van der Waals surface area contributed by atoms with Crippen molar-refractivity contribution in [1.82, 2.24) is 5.32 Å². The number of methoxy groups -OCH3 is 1. The second-order valence-corrected chi connectivity index (χ2v) is 14.4. The lowest BCUT2D eigenvalue weighted by atomic mass is 9.57. The molecule has 1 spiro atoms. The molecule has 268 valence electrons. The third-order valence-corrected chi connectivity index (χ3v) is 11.2. The highest BCUT2D eigenvalue weighted by atomic mass is 35.5. The molecule has 11 nitrogen and oxygen atoms in total. The first kappa shape index (κ1) is 36.0. The Balaban J connectivity index is 1.26. The first-order chi connectivity index (χ1) is 23.8. The normalized spacial score (nSPS) is 37.4. The Hall–Kier alpha value is -3.77. The van der Waals surface area contributed by atoms with E-state index in [2.05, 4.69) is 5.32 Å². The fourth-order valence-corrected chi connectivity index (χ4v) is 8.69. The maximum absolute atomic E-state index is 13.7. The number of nitrogens with one attached hydrogen (secondary N) is 1. The van der Waals surface area contributed by atoms with Crippen molar-refractivity contribution in [3.05, 3.63) is 82.5 Å². The predicted molar refractivity (Wildman–Crippen MR) is 181 cm³/mol. The Morgan fingerprint density at radius 2 is 1.98 bits per heavy atom. The van der Waals surface area contributed by atoms with Crippen LogP contribution in [0.2, 0.25) is 5.02 Å². The van der Waals surface area contributed by atoms with Crippen LogP contribution < -0.4 is 5.32 Å². The van der Waals surface area contributed by atoms with E-state index in [9.17, 15) is 24.3 Å². The van der Waals surface area contributed by atoms with Crippen molar-refractivity contribution in [3.8, 4) is 0 Å². The number of halogens is 1. The largest absolute Gasteiger partial charge is 0.456 e. The Bertz CT molecular complexity index is 1650. The number of aliphatic hydroxyl groups is 1. The number of allylic oxidation sites excluding steroid dienone is 3. The van der Waals surface area contributed by atoms with Gasteiger partial charge in [0.25, 0.3) is 0 Å². The van der Waals surface area contributed by atoms with Gasteiger partial charge < -0.3 is 34.1 Å². The van der Waals surface area contributed by atoms with Crippen molar-refractivity contribution in [2.75, 3.05) is 7.11 Å². The molecule has 2 N–H and O–H groups in total. The summed E-state index contributed by atoms with van der Waals surface area (Å²) in [5, 5.41) is 15.0. The second-order valence-electron chi connectivity index (χ2n) is 14.0. The van der Waals surface area contributed by atoms with E-state index in [0.717, 1.165) is 5.57 Å². The van der Waals surface area contributed by atoms with Crippen LogP contribution in [0.5, 0.6) is 0 Å². The second kappa shape index (κ2) is 14.5. The SMILES string of the molecule is CO[C@H]1C[C@H]2C=CC3C4C(O)[C@@H](C)[C@@H](OC(=O)C5=CC=CC5)[C@@H]3O[C@]42/C(C)=C/[C@@H](C)[C@@H]([C@@H](C)OC(=O)C(=O)NCc2cccc(Cl)c2)OC1=O. The molecule has 2 heterocycles. The van der Waals surface area contributed by atoms with E-state index < -0.39 is 83.8 Å². The number of ether oxygens (including phenoxy) is 5. The Labute approximate surface area is 296 Å². The van der Waals surface area contributed by atoms with Crippen molar-refractivity contribution >= 4 is 35.4 Å². The average molecular weight is 710 g/mol. The van der Waals surface area contributed by atoms with Gasteiger partial charge in [-0.15, -0.1) is 0 Å². The van der Waals surface area contributed by atoms with Crippen LogP contribution in [0.1, 0.15) is 46.1 Å². The lowest BCUT2D eigenvalue weighted by Gasteiger charge is -2.49. The summed E-state index contributed by atoms with van der Waals surface area (Å²) in [5.41, 5.74) is 0.996.